The number of benzene rings is 2. The molecule has 0 spiro atoms. The molecule has 3 fully saturated rings. The molecule has 2 aromatic rings. The highest BCUT2D eigenvalue weighted by Gasteiger charge is 2.68. The van der Waals surface area contributed by atoms with Crippen LogP contribution in [0, 0.1) is 34.5 Å². The molecule has 3 saturated carbocycles. The van der Waals surface area contributed by atoms with Gasteiger partial charge in [-0.2, -0.15) is 0 Å². The fourth-order valence-corrected chi connectivity index (χ4v) is 12.4. The molecule has 0 heterocycles. The van der Waals surface area contributed by atoms with Crippen molar-refractivity contribution < 1.29 is 29.7 Å². The van der Waals surface area contributed by atoms with Gasteiger partial charge in [0.25, 0.3) is 0 Å². The Hall–Kier alpha value is -3.17. The van der Waals surface area contributed by atoms with Crippen molar-refractivity contribution in [2.24, 2.45) is 34.5 Å². The Kier molecular flexibility index (Phi) is 9.94. The van der Waals surface area contributed by atoms with E-state index in [0.717, 1.165) is 45.2 Å². The minimum Gasteiger partial charge on any atom is -0.393 e. The van der Waals surface area contributed by atoms with Crippen LogP contribution in [-0.4, -0.2) is 75.3 Å². The number of Topliss-reactive ketones (excluding diaryl/α,β-unsaturated/α-hetero) is 1. The van der Waals surface area contributed by atoms with E-state index in [-0.39, 0.29) is 52.9 Å². The van der Waals surface area contributed by atoms with Crippen molar-refractivity contribution >= 4 is 17.5 Å². The van der Waals surface area contributed by atoms with Crippen molar-refractivity contribution in [2.75, 3.05) is 19.7 Å². The molecule has 7 aliphatic rings. The van der Waals surface area contributed by atoms with Crippen LogP contribution in [0.15, 0.2) is 60.2 Å². The highest BCUT2D eigenvalue weighted by Crippen LogP contribution is 2.67. The Labute approximate surface area is 309 Å². The minimum atomic E-state index is -1.54. The van der Waals surface area contributed by atoms with E-state index in [1.165, 1.54) is 27.8 Å². The van der Waals surface area contributed by atoms with Crippen LogP contribution >= 0.6 is 0 Å². The smallest absolute Gasteiger partial charge is 0.225 e. The standard InChI is InChI=1S/C23H28N2O.C21H30O5/c1-4-25(5-2)15(3)24-23(26)21-14-20-16-10-6-8-12-18(16)22(21)19-13-9-7-11-17(19)20;1-19-7-5-13(23)9-12(19)3-4-14-15-6-8-21(26,17(25)11-22)20(15,2)10-16(24)18(14)19/h6-13,15,20-22H,4-5,14H2,1-3H3,(H,24,26);9,14-16,18,22,24,26H,3-8,10-11H2,1-2H3/t;14-,15-,16-,18+,19-,20-,21-/m.0/s1. The SMILES string of the molecule is CCN(CC)C(C)NC(=O)C1CC2c3ccccc3C1c1ccccc12.C[C@]12CCC(=O)C=C1CC[C@@H]1[C@@H]2[C@@H](O)C[C@@]2(C)[C@H]1CC[C@]2(O)C(=O)CO. The third kappa shape index (κ3) is 5.66. The molecule has 9 rings (SSSR count). The molecule has 2 unspecified atom stereocenters. The number of allylic oxidation sites excluding steroid dienone is 1. The Morgan fingerprint density at radius 2 is 1.56 bits per heavy atom. The van der Waals surface area contributed by atoms with Crippen LogP contribution in [0.5, 0.6) is 0 Å². The highest BCUT2D eigenvalue weighted by molar-refractivity contribution is 5.92. The topological polar surface area (TPSA) is 127 Å². The summed E-state index contributed by atoms with van der Waals surface area (Å²) in [5, 5.41) is 35.0. The molecule has 8 nitrogen and oxygen atoms in total. The molecule has 7 aliphatic carbocycles. The lowest BCUT2D eigenvalue weighted by molar-refractivity contribution is -0.182. The van der Waals surface area contributed by atoms with Crippen molar-refractivity contribution in [2.45, 2.75) is 116 Å². The number of nitrogens with one attached hydrogen (secondary N) is 1. The summed E-state index contributed by atoms with van der Waals surface area (Å²) in [7, 11) is 0. The Balaban J connectivity index is 0.000000162. The van der Waals surface area contributed by atoms with Gasteiger partial charge in [0, 0.05) is 29.6 Å². The molecule has 8 heteroatoms. The normalized spacial score (nSPS) is 37.3. The molecule has 0 radical (unpaired) electrons. The molecule has 0 saturated heterocycles. The number of ketones is 2. The van der Waals surface area contributed by atoms with Gasteiger partial charge >= 0.3 is 0 Å². The number of hydrogen-bond acceptors (Lipinski definition) is 7. The number of carbonyl (C=O) groups is 3. The molecule has 0 aromatic heterocycles. The summed E-state index contributed by atoms with van der Waals surface area (Å²) in [4.78, 5) is 39.8. The van der Waals surface area contributed by atoms with Crippen LogP contribution in [0.3, 0.4) is 0 Å². The lowest BCUT2D eigenvalue weighted by Crippen LogP contribution is -2.62. The maximum absolute atomic E-state index is 13.2. The van der Waals surface area contributed by atoms with Gasteiger partial charge in [-0.1, -0.05) is 81.8 Å². The van der Waals surface area contributed by atoms with Gasteiger partial charge in [-0.3, -0.25) is 19.3 Å². The number of nitrogens with zero attached hydrogens (tertiary/aromatic N) is 1. The first-order chi connectivity index (χ1) is 24.8. The fourth-order valence-electron chi connectivity index (χ4n) is 12.4. The van der Waals surface area contributed by atoms with Crippen LogP contribution in [0.25, 0.3) is 0 Å². The summed E-state index contributed by atoms with van der Waals surface area (Å²) in [5.74, 6) is 0.871. The van der Waals surface area contributed by atoms with Crippen LogP contribution < -0.4 is 5.32 Å². The first kappa shape index (κ1) is 37.2. The number of rotatable bonds is 7. The van der Waals surface area contributed by atoms with Crippen molar-refractivity contribution in [3.63, 3.8) is 0 Å². The van der Waals surface area contributed by atoms with Crippen molar-refractivity contribution in [1.82, 2.24) is 10.2 Å². The third-order valence-electron chi connectivity index (χ3n) is 15.0. The number of amides is 1. The lowest BCUT2D eigenvalue weighted by Gasteiger charge is -2.60. The van der Waals surface area contributed by atoms with E-state index in [9.17, 15) is 29.7 Å². The predicted octanol–water partition coefficient (Wildman–Crippen LogP) is 5.87. The van der Waals surface area contributed by atoms with E-state index in [2.05, 4.69) is 86.4 Å². The highest BCUT2D eigenvalue weighted by atomic mass is 16.3. The average Bonchev–Trinajstić information content (AvgIpc) is 3.42. The minimum absolute atomic E-state index is 0.0165. The molecule has 9 atom stereocenters. The Morgan fingerprint density at radius 1 is 0.942 bits per heavy atom. The number of fused-ring (bicyclic) bond motifs is 6. The first-order valence-electron chi connectivity index (χ1n) is 19.8. The largest absolute Gasteiger partial charge is 0.393 e. The molecule has 2 aromatic carbocycles. The van der Waals surface area contributed by atoms with E-state index in [1.807, 2.05) is 6.92 Å². The molecule has 1 amide bonds. The average molecular weight is 711 g/mol. The second-order valence-electron chi connectivity index (χ2n) is 17.1. The monoisotopic (exact) mass is 710 g/mol. The zero-order valence-corrected chi connectivity index (χ0v) is 31.6. The van der Waals surface area contributed by atoms with Crippen molar-refractivity contribution in [1.29, 1.82) is 0 Å². The number of carbonyl (C=O) groups excluding carboxylic acids is 3. The number of hydrogen-bond donors (Lipinski definition) is 4. The van der Waals surface area contributed by atoms with Gasteiger partial charge in [-0.05, 0) is 116 Å². The van der Waals surface area contributed by atoms with Gasteiger partial charge in [-0.25, -0.2) is 0 Å². The summed E-state index contributed by atoms with van der Waals surface area (Å²) < 4.78 is 0. The van der Waals surface area contributed by atoms with Gasteiger partial charge in [-0.15, -0.1) is 0 Å². The zero-order valence-electron chi connectivity index (χ0n) is 31.6. The molecular weight excluding hydrogens is 652 g/mol. The van der Waals surface area contributed by atoms with Crippen LogP contribution in [0.2, 0.25) is 0 Å². The van der Waals surface area contributed by atoms with Gasteiger partial charge in [0.05, 0.1) is 12.3 Å². The number of aliphatic hydroxyl groups excluding tert-OH is 2. The predicted molar refractivity (Wildman–Crippen MR) is 200 cm³/mol. The fraction of sp³-hybridized carbons (Fsp3) is 0.614. The molecule has 0 aliphatic heterocycles. The molecule has 4 N–H and O–H groups in total. The van der Waals surface area contributed by atoms with Gasteiger partial charge in [0.1, 0.15) is 12.2 Å². The Bertz CT molecular complexity index is 1700. The summed E-state index contributed by atoms with van der Waals surface area (Å²) in [5.41, 5.74) is 4.29. The maximum Gasteiger partial charge on any atom is 0.225 e. The molecule has 52 heavy (non-hydrogen) atoms. The Morgan fingerprint density at radius 3 is 2.15 bits per heavy atom. The summed E-state index contributed by atoms with van der Waals surface area (Å²) in [6.07, 6.45) is 6.72. The van der Waals surface area contributed by atoms with Gasteiger partial charge < -0.3 is 20.6 Å². The van der Waals surface area contributed by atoms with Gasteiger partial charge in [0.15, 0.2) is 11.6 Å². The second kappa shape index (κ2) is 13.9. The lowest BCUT2D eigenvalue weighted by atomic mass is 9.45. The quantitative estimate of drug-likeness (QED) is 0.265. The summed E-state index contributed by atoms with van der Waals surface area (Å²) in [6, 6.07) is 17.4. The maximum atomic E-state index is 13.2. The summed E-state index contributed by atoms with van der Waals surface area (Å²) in [6.45, 7) is 11.7. The van der Waals surface area contributed by atoms with Crippen LogP contribution in [-0.2, 0) is 14.4 Å². The van der Waals surface area contributed by atoms with Crippen molar-refractivity contribution in [3.8, 4) is 0 Å². The third-order valence-corrected chi connectivity index (χ3v) is 15.0. The van der Waals surface area contributed by atoms with Crippen LogP contribution in [0.4, 0.5) is 0 Å². The van der Waals surface area contributed by atoms with Crippen LogP contribution in [0.1, 0.15) is 120 Å². The second-order valence-corrected chi connectivity index (χ2v) is 17.1. The first-order valence-corrected chi connectivity index (χ1v) is 19.8. The van der Waals surface area contributed by atoms with Crippen molar-refractivity contribution in [3.05, 3.63) is 82.4 Å². The molecule has 280 valence electrons. The van der Waals surface area contributed by atoms with E-state index in [0.29, 0.717) is 25.2 Å². The van der Waals surface area contributed by atoms with E-state index < -0.39 is 29.5 Å². The molecule has 2 bridgehead atoms. The van der Waals surface area contributed by atoms with E-state index >= 15 is 0 Å². The van der Waals surface area contributed by atoms with E-state index in [1.54, 1.807) is 6.08 Å². The zero-order chi connectivity index (χ0) is 37.2. The molecular formula is C44H58N2O6. The van der Waals surface area contributed by atoms with Gasteiger partial charge in [0.2, 0.25) is 5.91 Å². The van der Waals surface area contributed by atoms with E-state index in [4.69, 9.17) is 0 Å². The summed E-state index contributed by atoms with van der Waals surface area (Å²) >= 11 is 0. The number of aliphatic hydroxyl groups is 3.